The lowest BCUT2D eigenvalue weighted by Gasteiger charge is -2.19. The minimum Gasteiger partial charge on any atom is -0.458 e. The van der Waals surface area contributed by atoms with Gasteiger partial charge < -0.3 is 23.3 Å². The fourth-order valence-electron chi connectivity index (χ4n) is 7.71. The lowest BCUT2D eigenvalue weighted by Crippen LogP contribution is -2.17. The van der Waals surface area contributed by atoms with Crippen molar-refractivity contribution in [3.63, 3.8) is 0 Å². The number of nitrogens with zero attached hydrogens (tertiary/aromatic N) is 4. The minimum atomic E-state index is -0.575. The van der Waals surface area contributed by atoms with Gasteiger partial charge in [-0.15, -0.1) is 0 Å². The third-order valence-corrected chi connectivity index (χ3v) is 10.6. The number of carbonyl (C=O) groups excluding carboxylic acids is 3. The first-order valence-corrected chi connectivity index (χ1v) is 20.4. The Kier molecular flexibility index (Phi) is 12.6. The number of hydrogen-bond acceptors (Lipinski definition) is 8. The van der Waals surface area contributed by atoms with E-state index in [0.29, 0.717) is 29.7 Å². The van der Waals surface area contributed by atoms with Gasteiger partial charge >= 0.3 is 17.9 Å². The van der Waals surface area contributed by atoms with Gasteiger partial charge in [0, 0.05) is 38.1 Å². The fraction of sp³-hybridized carbons (Fsp3) is 0.286. The fourth-order valence-corrected chi connectivity index (χ4v) is 7.71. The first-order valence-electron chi connectivity index (χ1n) is 20.4. The molecule has 0 fully saturated rings. The molecule has 7 rings (SSSR count). The molecule has 0 spiro atoms. The Balaban J connectivity index is 1.05. The zero-order valence-electron chi connectivity index (χ0n) is 34.4. The van der Waals surface area contributed by atoms with Crippen LogP contribution in [0.25, 0.3) is 44.6 Å². The van der Waals surface area contributed by atoms with E-state index < -0.39 is 24.0 Å². The number of imidazole rings is 2. The highest BCUT2D eigenvalue weighted by atomic mass is 16.6. The molecule has 0 saturated carbocycles. The standard InChI is InChI=1S/C49H50N4O6/c1-6-8-22-44(59-33(4)54)38-17-10-12-19-40(38)49(56)58-28-27-57-48(55)39-18-11-9-16-37(39)35-25-23-34(24-26-35)31-53-43-30-36(29-32(3)46(43)51-45(53)15-7-2)47-50-41-20-13-14-21-42(41)52(47)5/h9-14,16-21,23-26,29-30,44H,6-8,15,22,27-28,31H2,1-5H3. The topological polar surface area (TPSA) is 115 Å². The number of ether oxygens (including phenoxy) is 3. The van der Waals surface area contributed by atoms with Gasteiger partial charge in [0.15, 0.2) is 0 Å². The highest BCUT2D eigenvalue weighted by Gasteiger charge is 2.23. The number of fused-ring (bicyclic) bond motifs is 2. The number of rotatable bonds is 16. The van der Waals surface area contributed by atoms with Crippen LogP contribution in [0.1, 0.15) is 95.8 Å². The number of aryl methyl sites for hydroxylation is 3. The van der Waals surface area contributed by atoms with Crippen molar-refractivity contribution in [1.29, 1.82) is 0 Å². The third kappa shape index (κ3) is 8.97. The van der Waals surface area contributed by atoms with Crippen LogP contribution in [-0.4, -0.2) is 50.2 Å². The summed E-state index contributed by atoms with van der Waals surface area (Å²) >= 11 is 0. The van der Waals surface area contributed by atoms with E-state index in [1.165, 1.54) is 6.92 Å². The van der Waals surface area contributed by atoms with Crippen LogP contribution in [0.5, 0.6) is 0 Å². The molecule has 302 valence electrons. The highest BCUT2D eigenvalue weighted by molar-refractivity contribution is 5.97. The molecule has 2 aromatic heterocycles. The summed E-state index contributed by atoms with van der Waals surface area (Å²) < 4.78 is 21.1. The predicted octanol–water partition coefficient (Wildman–Crippen LogP) is 10.4. The van der Waals surface area contributed by atoms with E-state index in [0.717, 1.165) is 87.2 Å². The molecule has 1 atom stereocenters. The van der Waals surface area contributed by atoms with Crippen LogP contribution in [0, 0.1) is 6.92 Å². The number of benzene rings is 5. The number of para-hydroxylation sites is 2. The van der Waals surface area contributed by atoms with E-state index in [1.807, 2.05) is 42.5 Å². The van der Waals surface area contributed by atoms with Crippen LogP contribution in [-0.2, 0) is 39.0 Å². The Bertz CT molecular complexity index is 2620. The lowest BCUT2D eigenvalue weighted by molar-refractivity contribution is -0.147. The lowest BCUT2D eigenvalue weighted by atomic mass is 9.98. The quantitative estimate of drug-likeness (QED) is 0.0540. The maximum atomic E-state index is 13.4. The van der Waals surface area contributed by atoms with Gasteiger partial charge in [-0.2, -0.15) is 0 Å². The molecule has 0 N–H and O–H groups in total. The van der Waals surface area contributed by atoms with Gasteiger partial charge in [-0.1, -0.05) is 93.1 Å². The molecule has 10 nitrogen and oxygen atoms in total. The molecule has 0 aliphatic rings. The zero-order valence-corrected chi connectivity index (χ0v) is 34.4. The van der Waals surface area contributed by atoms with Crippen molar-refractivity contribution in [2.75, 3.05) is 13.2 Å². The second-order valence-electron chi connectivity index (χ2n) is 14.9. The number of carbonyl (C=O) groups is 3. The van der Waals surface area contributed by atoms with Gasteiger partial charge in [0.1, 0.15) is 31.0 Å². The molecule has 0 amide bonds. The third-order valence-electron chi connectivity index (χ3n) is 10.6. The number of esters is 3. The molecule has 0 saturated heterocycles. The van der Waals surface area contributed by atoms with E-state index in [-0.39, 0.29) is 13.2 Å². The van der Waals surface area contributed by atoms with Crippen molar-refractivity contribution in [2.24, 2.45) is 7.05 Å². The first kappa shape index (κ1) is 40.6. The van der Waals surface area contributed by atoms with Crippen LogP contribution >= 0.6 is 0 Å². The van der Waals surface area contributed by atoms with Gasteiger partial charge in [0.05, 0.1) is 33.2 Å². The van der Waals surface area contributed by atoms with Gasteiger partial charge in [-0.3, -0.25) is 4.79 Å². The largest absolute Gasteiger partial charge is 0.458 e. The molecular weight excluding hydrogens is 741 g/mol. The first-order chi connectivity index (χ1) is 28.7. The number of aromatic nitrogens is 4. The monoisotopic (exact) mass is 790 g/mol. The Labute approximate surface area is 344 Å². The molecule has 7 aromatic rings. The van der Waals surface area contributed by atoms with Gasteiger partial charge in [-0.25, -0.2) is 19.6 Å². The van der Waals surface area contributed by atoms with E-state index >= 15 is 0 Å². The van der Waals surface area contributed by atoms with Crippen molar-refractivity contribution in [3.05, 3.63) is 143 Å². The van der Waals surface area contributed by atoms with Crippen LogP contribution < -0.4 is 0 Å². The second kappa shape index (κ2) is 18.4. The molecule has 59 heavy (non-hydrogen) atoms. The molecule has 0 aliphatic heterocycles. The molecule has 0 bridgehead atoms. The number of hydrogen-bond donors (Lipinski definition) is 0. The molecule has 0 aliphatic carbocycles. The van der Waals surface area contributed by atoms with Crippen LogP contribution in [0.2, 0.25) is 0 Å². The van der Waals surface area contributed by atoms with Crippen molar-refractivity contribution in [1.82, 2.24) is 19.1 Å². The zero-order chi connectivity index (χ0) is 41.5. The van der Waals surface area contributed by atoms with E-state index in [2.05, 4.69) is 67.3 Å². The van der Waals surface area contributed by atoms with Gasteiger partial charge in [0.2, 0.25) is 0 Å². The molecule has 1 unspecified atom stereocenters. The summed E-state index contributed by atoms with van der Waals surface area (Å²) in [6, 6.07) is 35.1. The molecule has 2 heterocycles. The Hall–Kier alpha value is -6.55. The summed E-state index contributed by atoms with van der Waals surface area (Å²) in [7, 11) is 2.06. The highest BCUT2D eigenvalue weighted by Crippen LogP contribution is 2.32. The van der Waals surface area contributed by atoms with Gasteiger partial charge in [-0.05, 0) is 84.8 Å². The molecule has 5 aromatic carbocycles. The van der Waals surface area contributed by atoms with E-state index in [4.69, 9.17) is 24.2 Å². The molecule has 0 radical (unpaired) electrons. The van der Waals surface area contributed by atoms with E-state index in [1.54, 1.807) is 36.4 Å². The smallest absolute Gasteiger partial charge is 0.338 e. The summed E-state index contributed by atoms with van der Waals surface area (Å²) in [4.78, 5) is 48.5. The van der Waals surface area contributed by atoms with Crippen molar-refractivity contribution >= 4 is 40.0 Å². The van der Waals surface area contributed by atoms with Crippen LogP contribution in [0.15, 0.2) is 109 Å². The normalized spacial score (nSPS) is 11.8. The summed E-state index contributed by atoms with van der Waals surface area (Å²) in [5.41, 5.74) is 10.3. The van der Waals surface area contributed by atoms with E-state index in [9.17, 15) is 14.4 Å². The van der Waals surface area contributed by atoms with Crippen molar-refractivity contribution in [3.8, 4) is 22.5 Å². The Morgan fingerprint density at radius 2 is 1.41 bits per heavy atom. The van der Waals surface area contributed by atoms with Crippen LogP contribution in [0.3, 0.4) is 0 Å². The second-order valence-corrected chi connectivity index (χ2v) is 14.9. The average molecular weight is 791 g/mol. The molecule has 10 heteroatoms. The number of unbranched alkanes of at least 4 members (excludes halogenated alkanes) is 1. The average Bonchev–Trinajstić information content (AvgIpc) is 3.77. The minimum absolute atomic E-state index is 0.125. The maximum absolute atomic E-state index is 13.4. The van der Waals surface area contributed by atoms with Crippen molar-refractivity contribution in [2.45, 2.75) is 72.4 Å². The Morgan fingerprint density at radius 1 is 0.729 bits per heavy atom. The van der Waals surface area contributed by atoms with Crippen LogP contribution in [0.4, 0.5) is 0 Å². The predicted molar refractivity (Wildman–Crippen MR) is 230 cm³/mol. The summed E-state index contributed by atoms with van der Waals surface area (Å²) in [6.45, 7) is 8.07. The summed E-state index contributed by atoms with van der Waals surface area (Å²) in [5, 5.41) is 0. The van der Waals surface area contributed by atoms with Crippen molar-refractivity contribution < 1.29 is 28.6 Å². The molecular formula is C49H50N4O6. The summed E-state index contributed by atoms with van der Waals surface area (Å²) in [6.07, 6.45) is 3.61. The SMILES string of the molecule is CCCCC(OC(C)=O)c1ccccc1C(=O)OCCOC(=O)c1ccccc1-c1ccc(Cn2c(CCC)nc3c(C)cc(-c4nc5ccccc5n4C)cc32)cc1. The van der Waals surface area contributed by atoms with Gasteiger partial charge in [0.25, 0.3) is 0 Å². The summed E-state index contributed by atoms with van der Waals surface area (Å²) in [5.74, 6) is 0.447. The maximum Gasteiger partial charge on any atom is 0.338 e. The Morgan fingerprint density at radius 3 is 2.12 bits per heavy atom.